The van der Waals surface area contributed by atoms with E-state index in [0.29, 0.717) is 30.8 Å². The summed E-state index contributed by atoms with van der Waals surface area (Å²) in [6, 6.07) is 7.83. The van der Waals surface area contributed by atoms with Gasteiger partial charge in [-0.2, -0.15) is 0 Å². The lowest BCUT2D eigenvalue weighted by molar-refractivity contribution is -0.143. The standard InChI is InChI=1S/C30H41FN2O4.CH4/c1-20(2)37-19-23-9-11-24(31)17-27(23)29(30(34)35)33-14-13-26(18-33)36-15-5-4-6-25-12-10-22-8-7-21(3)16-28(22)32-25;/h9-12,17,20-21,26,29H,4-8,13-16,18-19H2,1-3H3,(H,34,35);1H4/t21?,26-,29?;/m1./s1. The predicted molar refractivity (Wildman–Crippen MR) is 148 cm³/mol. The van der Waals surface area contributed by atoms with Gasteiger partial charge in [0, 0.05) is 31.1 Å². The fourth-order valence-electron chi connectivity index (χ4n) is 5.43. The summed E-state index contributed by atoms with van der Waals surface area (Å²) in [7, 11) is 0. The number of hydrogen-bond donors (Lipinski definition) is 1. The maximum atomic E-state index is 14.1. The van der Waals surface area contributed by atoms with Crippen molar-refractivity contribution in [2.24, 2.45) is 5.92 Å². The average Bonchev–Trinajstić information content (AvgIpc) is 3.31. The van der Waals surface area contributed by atoms with Gasteiger partial charge in [-0.05, 0) is 99.6 Å². The number of carboxylic acid groups (broad SMARTS) is 1. The lowest BCUT2D eigenvalue weighted by Crippen LogP contribution is -2.34. The quantitative estimate of drug-likeness (QED) is 0.333. The van der Waals surface area contributed by atoms with Crippen LogP contribution in [0.3, 0.4) is 0 Å². The first-order valence-electron chi connectivity index (χ1n) is 13.8. The van der Waals surface area contributed by atoms with Crippen molar-refractivity contribution in [3.63, 3.8) is 0 Å². The fourth-order valence-corrected chi connectivity index (χ4v) is 5.43. The molecule has 38 heavy (non-hydrogen) atoms. The monoisotopic (exact) mass is 528 g/mol. The molecule has 1 N–H and O–H groups in total. The number of aryl methyl sites for hydroxylation is 2. The Hall–Kier alpha value is -2.35. The molecule has 1 aromatic heterocycles. The van der Waals surface area contributed by atoms with Crippen LogP contribution in [0.4, 0.5) is 4.39 Å². The molecule has 1 fully saturated rings. The number of fused-ring (bicyclic) bond motifs is 1. The second-order valence-corrected chi connectivity index (χ2v) is 10.9. The molecule has 2 unspecified atom stereocenters. The van der Waals surface area contributed by atoms with Gasteiger partial charge in [0.05, 0.1) is 18.8 Å². The molecule has 0 spiro atoms. The zero-order valence-corrected chi connectivity index (χ0v) is 22.4. The number of aliphatic carboxylic acids is 1. The molecule has 4 rings (SSSR count). The number of aromatic nitrogens is 1. The Morgan fingerprint density at radius 1 is 1.21 bits per heavy atom. The fraction of sp³-hybridized carbons (Fsp3) is 0.613. The molecule has 2 aromatic rings. The van der Waals surface area contributed by atoms with Crippen LogP contribution >= 0.6 is 0 Å². The number of benzene rings is 1. The molecule has 0 bridgehead atoms. The molecule has 2 aliphatic rings. The van der Waals surface area contributed by atoms with E-state index in [1.165, 1.54) is 29.8 Å². The number of halogens is 1. The summed E-state index contributed by atoms with van der Waals surface area (Å²) in [5.74, 6) is -0.704. The minimum atomic E-state index is -0.982. The molecule has 1 saturated heterocycles. The maximum Gasteiger partial charge on any atom is 0.325 e. The van der Waals surface area contributed by atoms with Gasteiger partial charge in [-0.15, -0.1) is 0 Å². The van der Waals surface area contributed by atoms with Crippen LogP contribution in [0.25, 0.3) is 0 Å². The molecule has 0 saturated carbocycles. The molecule has 3 atom stereocenters. The summed E-state index contributed by atoms with van der Waals surface area (Å²) >= 11 is 0. The summed E-state index contributed by atoms with van der Waals surface area (Å²) in [4.78, 5) is 19.1. The van der Waals surface area contributed by atoms with E-state index in [1.54, 1.807) is 6.07 Å². The van der Waals surface area contributed by atoms with Crippen LogP contribution in [-0.2, 0) is 40.1 Å². The summed E-state index contributed by atoms with van der Waals surface area (Å²) in [5, 5.41) is 10.1. The van der Waals surface area contributed by atoms with Gasteiger partial charge in [0.15, 0.2) is 0 Å². The summed E-state index contributed by atoms with van der Waals surface area (Å²) in [6.07, 6.45) is 7.13. The summed E-state index contributed by atoms with van der Waals surface area (Å²) in [6.45, 7) is 8.15. The van der Waals surface area contributed by atoms with Crippen molar-refractivity contribution in [3.05, 3.63) is 64.2 Å². The molecule has 2 heterocycles. The van der Waals surface area contributed by atoms with E-state index in [2.05, 4.69) is 19.1 Å². The van der Waals surface area contributed by atoms with E-state index in [-0.39, 0.29) is 26.2 Å². The predicted octanol–water partition coefficient (Wildman–Crippen LogP) is 6.15. The lowest BCUT2D eigenvalue weighted by atomic mass is 9.88. The van der Waals surface area contributed by atoms with Gasteiger partial charge in [0.25, 0.3) is 0 Å². The lowest BCUT2D eigenvalue weighted by Gasteiger charge is -2.26. The van der Waals surface area contributed by atoms with Gasteiger partial charge in [-0.1, -0.05) is 26.5 Å². The third-order valence-corrected chi connectivity index (χ3v) is 7.51. The number of likely N-dealkylation sites (tertiary alicyclic amines) is 1. The first-order valence-corrected chi connectivity index (χ1v) is 13.8. The number of ether oxygens (including phenoxy) is 2. The van der Waals surface area contributed by atoms with Gasteiger partial charge in [-0.25, -0.2) is 4.39 Å². The van der Waals surface area contributed by atoms with E-state index >= 15 is 0 Å². The number of hydrogen-bond acceptors (Lipinski definition) is 5. The molecule has 6 nitrogen and oxygen atoms in total. The summed E-state index contributed by atoms with van der Waals surface area (Å²) in [5.41, 5.74) is 5.02. The molecule has 7 heteroatoms. The Morgan fingerprint density at radius 2 is 2.03 bits per heavy atom. The van der Waals surface area contributed by atoms with E-state index in [4.69, 9.17) is 14.5 Å². The molecule has 1 aliphatic heterocycles. The van der Waals surface area contributed by atoms with Crippen LogP contribution in [0.1, 0.15) is 88.0 Å². The Labute approximate surface area is 227 Å². The van der Waals surface area contributed by atoms with Crippen LogP contribution in [-0.4, -0.2) is 52.9 Å². The second kappa shape index (κ2) is 14.2. The van der Waals surface area contributed by atoms with Crippen molar-refractivity contribution in [1.29, 1.82) is 0 Å². The Kier molecular flexibility index (Phi) is 11.2. The van der Waals surface area contributed by atoms with Gasteiger partial charge in [-0.3, -0.25) is 14.7 Å². The zero-order valence-electron chi connectivity index (χ0n) is 22.4. The van der Waals surface area contributed by atoms with Crippen molar-refractivity contribution in [1.82, 2.24) is 9.88 Å². The molecule has 210 valence electrons. The first kappa shape index (κ1) is 30.2. The first-order chi connectivity index (χ1) is 17.8. The van der Waals surface area contributed by atoms with Gasteiger partial charge in [0.2, 0.25) is 0 Å². The minimum absolute atomic E-state index is 0. The van der Waals surface area contributed by atoms with Crippen molar-refractivity contribution < 1.29 is 23.8 Å². The van der Waals surface area contributed by atoms with E-state index in [1.807, 2.05) is 18.7 Å². The largest absolute Gasteiger partial charge is 0.480 e. The van der Waals surface area contributed by atoms with E-state index < -0.39 is 17.8 Å². The van der Waals surface area contributed by atoms with Gasteiger partial charge >= 0.3 is 5.97 Å². The van der Waals surface area contributed by atoms with Gasteiger partial charge in [0.1, 0.15) is 11.9 Å². The summed E-state index contributed by atoms with van der Waals surface area (Å²) < 4.78 is 25.9. The maximum absolute atomic E-state index is 14.1. The molecule has 0 amide bonds. The highest BCUT2D eigenvalue weighted by Gasteiger charge is 2.35. The average molecular weight is 529 g/mol. The van der Waals surface area contributed by atoms with Crippen molar-refractivity contribution >= 4 is 5.97 Å². The van der Waals surface area contributed by atoms with E-state index in [0.717, 1.165) is 50.1 Å². The van der Waals surface area contributed by atoms with Crippen LogP contribution in [0.2, 0.25) is 0 Å². The minimum Gasteiger partial charge on any atom is -0.480 e. The van der Waals surface area contributed by atoms with Crippen LogP contribution < -0.4 is 0 Å². The van der Waals surface area contributed by atoms with Crippen LogP contribution in [0, 0.1) is 11.7 Å². The van der Waals surface area contributed by atoms with Crippen molar-refractivity contribution in [2.75, 3.05) is 19.7 Å². The van der Waals surface area contributed by atoms with Crippen molar-refractivity contribution in [2.45, 2.75) is 98.0 Å². The Morgan fingerprint density at radius 3 is 2.79 bits per heavy atom. The number of rotatable bonds is 12. The zero-order chi connectivity index (χ0) is 26.4. The molecular formula is C31H45FN2O4. The SMILES string of the molecule is C.CC1CCc2ccc(CCCCO[C@@H]3CCN(C(C(=O)O)c4cc(F)ccc4COC(C)C)C3)nc2C1. The number of pyridine rings is 1. The highest BCUT2D eigenvalue weighted by molar-refractivity contribution is 5.76. The number of unbranched alkanes of at least 4 members (excludes halogenated alkanes) is 1. The van der Waals surface area contributed by atoms with Gasteiger partial charge < -0.3 is 14.6 Å². The third kappa shape index (κ3) is 8.08. The Balaban J connectivity index is 0.00000400. The molecular weight excluding hydrogens is 483 g/mol. The normalized spacial score (nSPS) is 20.2. The van der Waals surface area contributed by atoms with Crippen LogP contribution in [0.15, 0.2) is 30.3 Å². The highest BCUT2D eigenvalue weighted by atomic mass is 19.1. The number of carbonyl (C=O) groups is 1. The number of carboxylic acids is 1. The molecule has 0 radical (unpaired) electrons. The van der Waals surface area contributed by atoms with E-state index in [9.17, 15) is 14.3 Å². The third-order valence-electron chi connectivity index (χ3n) is 7.51. The highest BCUT2D eigenvalue weighted by Crippen LogP contribution is 2.30. The topological polar surface area (TPSA) is 71.9 Å². The van der Waals surface area contributed by atoms with Crippen LogP contribution in [0.5, 0.6) is 0 Å². The molecule has 1 aromatic carbocycles. The smallest absolute Gasteiger partial charge is 0.325 e. The number of nitrogens with zero attached hydrogens (tertiary/aromatic N) is 2. The Bertz CT molecular complexity index is 1060. The van der Waals surface area contributed by atoms with Crippen molar-refractivity contribution in [3.8, 4) is 0 Å². The molecule has 1 aliphatic carbocycles. The second-order valence-electron chi connectivity index (χ2n) is 10.9.